The number of nitrogens with one attached hydrogen (secondary N) is 2. The van der Waals surface area contributed by atoms with Crippen molar-refractivity contribution in [2.24, 2.45) is 5.92 Å². The summed E-state index contributed by atoms with van der Waals surface area (Å²) in [5, 5.41) is 5.29. The van der Waals surface area contributed by atoms with Crippen molar-refractivity contribution in [3.05, 3.63) is 29.3 Å². The molecule has 25 heavy (non-hydrogen) atoms. The van der Waals surface area contributed by atoms with Gasteiger partial charge in [-0.2, -0.15) is 0 Å². The van der Waals surface area contributed by atoms with Gasteiger partial charge in [0, 0.05) is 31.1 Å². The highest BCUT2D eigenvalue weighted by Crippen LogP contribution is 2.26. The molecular formula is C18H24F2N2O3. The molecule has 0 saturated carbocycles. The SMILES string of the molecule is Cc1ccc(CNC(=O)C2CC(F)(F)CN2)c(OCC2CCOC2)c1. The molecule has 0 spiro atoms. The Kier molecular flexibility index (Phi) is 5.54. The maximum absolute atomic E-state index is 13.2. The summed E-state index contributed by atoms with van der Waals surface area (Å²) in [5.74, 6) is -2.12. The molecule has 0 aliphatic carbocycles. The largest absolute Gasteiger partial charge is 0.493 e. The smallest absolute Gasteiger partial charge is 0.262 e. The zero-order chi connectivity index (χ0) is 17.9. The molecule has 138 valence electrons. The lowest BCUT2D eigenvalue weighted by Gasteiger charge is -2.16. The van der Waals surface area contributed by atoms with E-state index in [9.17, 15) is 13.6 Å². The first-order valence-corrected chi connectivity index (χ1v) is 8.62. The summed E-state index contributed by atoms with van der Waals surface area (Å²) in [6.07, 6.45) is 0.525. The number of carbonyl (C=O) groups is 1. The number of aryl methyl sites for hydroxylation is 1. The number of halogens is 2. The van der Waals surface area contributed by atoms with Gasteiger partial charge in [-0.3, -0.25) is 10.1 Å². The van der Waals surface area contributed by atoms with Gasteiger partial charge in [0.15, 0.2) is 0 Å². The average Bonchev–Trinajstić information content (AvgIpc) is 3.21. The Labute approximate surface area is 146 Å². The van der Waals surface area contributed by atoms with E-state index >= 15 is 0 Å². The first-order chi connectivity index (χ1) is 11.9. The molecule has 2 unspecified atom stereocenters. The lowest BCUT2D eigenvalue weighted by atomic mass is 10.1. The Morgan fingerprint density at radius 3 is 3.00 bits per heavy atom. The van der Waals surface area contributed by atoms with Crippen LogP contribution in [0.15, 0.2) is 18.2 Å². The zero-order valence-corrected chi connectivity index (χ0v) is 14.3. The lowest BCUT2D eigenvalue weighted by Crippen LogP contribution is -2.40. The number of benzene rings is 1. The summed E-state index contributed by atoms with van der Waals surface area (Å²) in [6.45, 7) is 3.81. The number of rotatable bonds is 6. The number of amides is 1. The van der Waals surface area contributed by atoms with Crippen LogP contribution in [0.1, 0.15) is 24.0 Å². The Morgan fingerprint density at radius 2 is 2.32 bits per heavy atom. The molecule has 2 heterocycles. The molecule has 0 bridgehead atoms. The number of hydrogen-bond donors (Lipinski definition) is 2. The highest BCUT2D eigenvalue weighted by atomic mass is 19.3. The summed E-state index contributed by atoms with van der Waals surface area (Å²) >= 11 is 0. The fourth-order valence-electron chi connectivity index (χ4n) is 3.07. The number of carbonyl (C=O) groups excluding carboxylic acids is 1. The quantitative estimate of drug-likeness (QED) is 0.821. The summed E-state index contributed by atoms with van der Waals surface area (Å²) in [7, 11) is 0. The third kappa shape index (κ3) is 4.89. The fraction of sp³-hybridized carbons (Fsp3) is 0.611. The highest BCUT2D eigenvalue weighted by molar-refractivity contribution is 5.82. The third-order valence-corrected chi connectivity index (χ3v) is 4.60. The van der Waals surface area contributed by atoms with Crippen LogP contribution < -0.4 is 15.4 Å². The molecule has 2 N–H and O–H groups in total. The summed E-state index contributed by atoms with van der Waals surface area (Å²) in [5.41, 5.74) is 1.90. The molecule has 2 aliphatic heterocycles. The minimum absolute atomic E-state index is 0.249. The van der Waals surface area contributed by atoms with Crippen molar-refractivity contribution in [2.75, 3.05) is 26.4 Å². The molecule has 2 aliphatic rings. The van der Waals surface area contributed by atoms with E-state index in [4.69, 9.17) is 9.47 Å². The Hall–Kier alpha value is -1.73. The van der Waals surface area contributed by atoms with Crippen LogP contribution in [-0.4, -0.2) is 44.2 Å². The second kappa shape index (κ2) is 7.66. The second-order valence-electron chi connectivity index (χ2n) is 6.86. The topological polar surface area (TPSA) is 59.6 Å². The van der Waals surface area contributed by atoms with E-state index in [-0.39, 0.29) is 6.54 Å². The molecule has 7 heteroatoms. The molecule has 1 aromatic rings. The van der Waals surface area contributed by atoms with Crippen molar-refractivity contribution >= 4 is 5.91 Å². The van der Waals surface area contributed by atoms with Crippen LogP contribution in [0, 0.1) is 12.8 Å². The first kappa shape index (κ1) is 18.1. The van der Waals surface area contributed by atoms with Gasteiger partial charge in [-0.1, -0.05) is 12.1 Å². The molecule has 5 nitrogen and oxygen atoms in total. The number of hydrogen-bond acceptors (Lipinski definition) is 4. The van der Waals surface area contributed by atoms with Crippen molar-refractivity contribution in [2.45, 2.75) is 38.3 Å². The molecule has 1 amide bonds. The summed E-state index contributed by atoms with van der Waals surface area (Å²) in [6, 6.07) is 4.92. The van der Waals surface area contributed by atoms with Crippen LogP contribution in [0.5, 0.6) is 5.75 Å². The molecule has 2 atom stereocenters. The molecule has 2 saturated heterocycles. The van der Waals surface area contributed by atoms with Crippen molar-refractivity contribution in [3.8, 4) is 5.75 Å². The van der Waals surface area contributed by atoms with Crippen LogP contribution in [0.2, 0.25) is 0 Å². The van der Waals surface area contributed by atoms with E-state index in [1.54, 1.807) is 0 Å². The molecule has 0 aromatic heterocycles. The molecule has 0 radical (unpaired) electrons. The zero-order valence-electron chi connectivity index (χ0n) is 14.3. The highest BCUT2D eigenvalue weighted by Gasteiger charge is 2.42. The standard InChI is InChI=1S/C18H24F2N2O3/c1-12-2-3-14(16(6-12)25-10-13-4-5-24-9-13)8-21-17(23)15-7-18(19,20)11-22-15/h2-3,6,13,15,22H,4-5,7-11H2,1H3,(H,21,23). The normalized spacial score (nSPS) is 25.1. The van der Waals surface area contributed by atoms with Gasteiger partial charge in [-0.05, 0) is 25.0 Å². The molecule has 1 aromatic carbocycles. The Bertz CT molecular complexity index is 618. The van der Waals surface area contributed by atoms with Gasteiger partial charge in [0.2, 0.25) is 5.91 Å². The fourth-order valence-corrected chi connectivity index (χ4v) is 3.07. The van der Waals surface area contributed by atoms with Gasteiger partial charge in [-0.25, -0.2) is 8.78 Å². The van der Waals surface area contributed by atoms with Gasteiger partial charge in [0.25, 0.3) is 5.92 Å². The van der Waals surface area contributed by atoms with E-state index in [0.29, 0.717) is 19.1 Å². The second-order valence-corrected chi connectivity index (χ2v) is 6.86. The van der Waals surface area contributed by atoms with Crippen LogP contribution >= 0.6 is 0 Å². The van der Waals surface area contributed by atoms with Crippen LogP contribution in [-0.2, 0) is 16.1 Å². The lowest BCUT2D eigenvalue weighted by molar-refractivity contribution is -0.123. The third-order valence-electron chi connectivity index (χ3n) is 4.60. The van der Waals surface area contributed by atoms with Gasteiger partial charge in [0.05, 0.1) is 25.8 Å². The maximum Gasteiger partial charge on any atom is 0.262 e. The van der Waals surface area contributed by atoms with Crippen LogP contribution in [0.25, 0.3) is 0 Å². The minimum atomic E-state index is -2.82. The predicted octanol–water partition coefficient (Wildman–Crippen LogP) is 2.02. The van der Waals surface area contributed by atoms with E-state index in [1.807, 2.05) is 25.1 Å². The van der Waals surface area contributed by atoms with E-state index in [0.717, 1.165) is 29.9 Å². The van der Waals surface area contributed by atoms with Crippen molar-refractivity contribution in [1.82, 2.24) is 10.6 Å². The number of ether oxygens (including phenoxy) is 2. The van der Waals surface area contributed by atoms with Gasteiger partial charge in [-0.15, -0.1) is 0 Å². The van der Waals surface area contributed by atoms with Crippen LogP contribution in [0.4, 0.5) is 8.78 Å². The minimum Gasteiger partial charge on any atom is -0.493 e. The van der Waals surface area contributed by atoms with Gasteiger partial charge < -0.3 is 14.8 Å². The Balaban J connectivity index is 1.56. The number of alkyl halides is 2. The van der Waals surface area contributed by atoms with E-state index in [2.05, 4.69) is 10.6 Å². The van der Waals surface area contributed by atoms with Crippen molar-refractivity contribution < 1.29 is 23.0 Å². The molecular weight excluding hydrogens is 330 g/mol. The van der Waals surface area contributed by atoms with E-state index in [1.165, 1.54) is 0 Å². The van der Waals surface area contributed by atoms with Crippen molar-refractivity contribution in [1.29, 1.82) is 0 Å². The van der Waals surface area contributed by atoms with Crippen LogP contribution in [0.3, 0.4) is 0 Å². The van der Waals surface area contributed by atoms with Gasteiger partial charge >= 0.3 is 0 Å². The molecule has 2 fully saturated rings. The monoisotopic (exact) mass is 354 g/mol. The summed E-state index contributed by atoms with van der Waals surface area (Å²) < 4.78 is 37.7. The van der Waals surface area contributed by atoms with E-state index < -0.39 is 30.8 Å². The molecule has 3 rings (SSSR count). The first-order valence-electron chi connectivity index (χ1n) is 8.62. The van der Waals surface area contributed by atoms with Gasteiger partial charge in [0.1, 0.15) is 5.75 Å². The predicted molar refractivity (Wildman–Crippen MR) is 88.8 cm³/mol. The average molecular weight is 354 g/mol. The summed E-state index contributed by atoms with van der Waals surface area (Å²) in [4.78, 5) is 12.1. The van der Waals surface area contributed by atoms with Crippen molar-refractivity contribution in [3.63, 3.8) is 0 Å². The Morgan fingerprint density at radius 1 is 1.48 bits per heavy atom. The maximum atomic E-state index is 13.2.